The van der Waals surface area contributed by atoms with E-state index in [1.54, 1.807) is 4.90 Å². The summed E-state index contributed by atoms with van der Waals surface area (Å²) in [5, 5.41) is 19.3. The molecule has 1 aliphatic heterocycles. The highest BCUT2D eigenvalue weighted by Crippen LogP contribution is 2.20. The van der Waals surface area contributed by atoms with Crippen molar-refractivity contribution in [3.8, 4) is 0 Å². The van der Waals surface area contributed by atoms with Crippen LogP contribution in [0.25, 0.3) is 0 Å². The number of likely N-dealkylation sites (tertiary alicyclic amines) is 1. The molecule has 0 spiro atoms. The third kappa shape index (κ3) is 4.10. The largest absolute Gasteiger partial charge is 0.465 e. The number of carbonyl (C=O) groups excluding carboxylic acids is 1. The number of piperidine rings is 1. The van der Waals surface area contributed by atoms with E-state index in [0.29, 0.717) is 23.9 Å². The number of benzene rings is 1. The average molecular weight is 418 g/mol. The minimum absolute atomic E-state index is 0.0415. The molecule has 7 heteroatoms. The second-order valence-electron chi connectivity index (χ2n) is 5.29. The molecule has 0 aliphatic carbocycles. The van der Waals surface area contributed by atoms with Crippen LogP contribution >= 0.6 is 22.6 Å². The van der Waals surface area contributed by atoms with Crippen molar-refractivity contribution in [1.82, 2.24) is 9.80 Å². The number of carboxylic acid groups (broad SMARTS) is 1. The Morgan fingerprint density at radius 3 is 2.55 bits per heavy atom. The van der Waals surface area contributed by atoms with Crippen molar-refractivity contribution in [2.75, 3.05) is 17.5 Å². The van der Waals surface area contributed by atoms with Crippen LogP contribution in [0, 0.1) is 0 Å². The maximum Gasteiger partial charge on any atom is 0.407 e. The van der Waals surface area contributed by atoms with Gasteiger partial charge in [-0.05, 0) is 12.0 Å². The molecule has 2 atom stereocenters. The number of nitrogens with zero attached hydrogens (tertiary/aromatic N) is 2. The number of halogens is 1. The van der Waals surface area contributed by atoms with Crippen molar-refractivity contribution in [2.24, 2.45) is 0 Å². The summed E-state index contributed by atoms with van der Waals surface area (Å²) >= 11 is 2.01. The number of alkyl halides is 1. The molecule has 2 rings (SSSR count). The lowest BCUT2D eigenvalue weighted by molar-refractivity contribution is -0.135. The van der Waals surface area contributed by atoms with E-state index < -0.39 is 12.2 Å². The fraction of sp³-hybridized carbons (Fsp3) is 0.467. The zero-order chi connectivity index (χ0) is 16.1. The Bertz CT molecular complexity index is 526. The molecule has 2 amide bonds. The van der Waals surface area contributed by atoms with E-state index in [0.717, 1.165) is 5.56 Å². The van der Waals surface area contributed by atoms with Crippen LogP contribution in [-0.2, 0) is 11.3 Å². The first-order valence-electron chi connectivity index (χ1n) is 7.08. The number of amides is 2. The van der Waals surface area contributed by atoms with Gasteiger partial charge in [-0.25, -0.2) is 4.79 Å². The maximum atomic E-state index is 12.3. The number of aliphatic hydroxyl groups is 1. The van der Waals surface area contributed by atoms with Gasteiger partial charge < -0.3 is 20.0 Å². The first-order chi connectivity index (χ1) is 10.5. The average Bonchev–Trinajstić information content (AvgIpc) is 2.53. The van der Waals surface area contributed by atoms with Crippen molar-refractivity contribution in [1.29, 1.82) is 0 Å². The summed E-state index contributed by atoms with van der Waals surface area (Å²) in [7, 11) is 0. The summed E-state index contributed by atoms with van der Waals surface area (Å²) in [6.45, 7) is 0.800. The summed E-state index contributed by atoms with van der Waals surface area (Å²) in [6, 6.07) is 9.25. The minimum atomic E-state index is -1.03. The Balaban J connectivity index is 2.12. The molecule has 2 N–H and O–H groups in total. The second-order valence-corrected chi connectivity index (χ2v) is 6.06. The first kappa shape index (κ1) is 17.0. The molecule has 1 aromatic rings. The molecule has 22 heavy (non-hydrogen) atoms. The fourth-order valence-corrected chi connectivity index (χ4v) is 3.14. The van der Waals surface area contributed by atoms with E-state index in [1.807, 2.05) is 52.9 Å². The summed E-state index contributed by atoms with van der Waals surface area (Å²) in [6.07, 6.45) is -1.45. The Hall–Kier alpha value is -1.35. The number of hydrogen-bond donors (Lipinski definition) is 2. The summed E-state index contributed by atoms with van der Waals surface area (Å²) in [4.78, 5) is 26.1. The zero-order valence-corrected chi connectivity index (χ0v) is 14.2. The summed E-state index contributed by atoms with van der Waals surface area (Å²) < 4.78 is 0.330. The van der Waals surface area contributed by atoms with Crippen molar-refractivity contribution < 1.29 is 19.8 Å². The van der Waals surface area contributed by atoms with Crippen LogP contribution in [-0.4, -0.2) is 61.7 Å². The van der Waals surface area contributed by atoms with Crippen molar-refractivity contribution in [3.05, 3.63) is 35.9 Å². The molecule has 0 radical (unpaired) electrons. The van der Waals surface area contributed by atoms with Gasteiger partial charge in [0.25, 0.3) is 0 Å². The van der Waals surface area contributed by atoms with Crippen LogP contribution in [0.15, 0.2) is 30.3 Å². The fourth-order valence-electron chi connectivity index (χ4n) is 2.70. The van der Waals surface area contributed by atoms with Gasteiger partial charge in [0.1, 0.15) is 0 Å². The van der Waals surface area contributed by atoms with Crippen molar-refractivity contribution >= 4 is 34.6 Å². The van der Waals surface area contributed by atoms with Gasteiger partial charge in [-0.1, -0.05) is 52.9 Å². The van der Waals surface area contributed by atoms with E-state index >= 15 is 0 Å². The molecule has 0 bridgehead atoms. The van der Waals surface area contributed by atoms with Gasteiger partial charge in [0.2, 0.25) is 5.91 Å². The van der Waals surface area contributed by atoms with Gasteiger partial charge in [0.15, 0.2) is 0 Å². The third-order valence-corrected chi connectivity index (χ3v) is 4.50. The van der Waals surface area contributed by atoms with Crippen molar-refractivity contribution in [2.45, 2.75) is 25.1 Å². The van der Waals surface area contributed by atoms with Crippen LogP contribution in [0.5, 0.6) is 0 Å². The number of hydrogen-bond acceptors (Lipinski definition) is 3. The SMILES string of the molecule is O=C(O)N1CCC(N(Cc2ccccc2)C(=O)CI)C(O)C1. The molecule has 120 valence electrons. The number of aliphatic hydroxyl groups excluding tert-OH is 1. The van der Waals surface area contributed by atoms with Gasteiger partial charge in [-0.3, -0.25) is 4.79 Å². The third-order valence-electron chi connectivity index (χ3n) is 3.85. The van der Waals surface area contributed by atoms with Gasteiger partial charge in [0.05, 0.1) is 23.1 Å². The number of β-amino-alcohol motifs (C(OH)–C–C–N with tert-alkyl or cyclic N) is 1. The smallest absolute Gasteiger partial charge is 0.407 e. The predicted octanol–water partition coefficient (Wildman–Crippen LogP) is 1.56. The molecule has 1 aromatic carbocycles. The number of rotatable bonds is 4. The topological polar surface area (TPSA) is 81.1 Å². The van der Waals surface area contributed by atoms with Gasteiger partial charge in [0, 0.05) is 13.1 Å². The van der Waals surface area contributed by atoms with Crippen LogP contribution in [0.3, 0.4) is 0 Å². The Labute approximate surface area is 142 Å². The number of carbonyl (C=O) groups is 2. The standard InChI is InChI=1S/C15H19IN2O4/c16-8-14(20)18(9-11-4-2-1-3-5-11)12-6-7-17(15(21)22)10-13(12)19/h1-5,12-13,19H,6-10H2,(H,21,22). The molecule has 1 fully saturated rings. The van der Waals surface area contributed by atoms with E-state index in [9.17, 15) is 14.7 Å². The lowest BCUT2D eigenvalue weighted by Crippen LogP contribution is -2.56. The zero-order valence-electron chi connectivity index (χ0n) is 12.1. The van der Waals surface area contributed by atoms with Gasteiger partial charge in [-0.15, -0.1) is 0 Å². The Kier molecular flexibility index (Phi) is 6.01. The van der Waals surface area contributed by atoms with E-state index in [-0.39, 0.29) is 18.5 Å². The molecule has 1 aliphatic rings. The highest BCUT2D eigenvalue weighted by molar-refractivity contribution is 14.1. The molecular formula is C15H19IN2O4. The Morgan fingerprint density at radius 2 is 2.00 bits per heavy atom. The lowest BCUT2D eigenvalue weighted by atomic mass is 9.99. The monoisotopic (exact) mass is 418 g/mol. The molecule has 0 saturated carbocycles. The minimum Gasteiger partial charge on any atom is -0.465 e. The van der Waals surface area contributed by atoms with E-state index in [2.05, 4.69) is 0 Å². The second kappa shape index (κ2) is 7.77. The quantitative estimate of drug-likeness (QED) is 0.575. The maximum absolute atomic E-state index is 12.3. The van der Waals surface area contributed by atoms with Crippen LogP contribution in [0.2, 0.25) is 0 Å². The van der Waals surface area contributed by atoms with Crippen LogP contribution < -0.4 is 0 Å². The van der Waals surface area contributed by atoms with Crippen LogP contribution in [0.1, 0.15) is 12.0 Å². The molecular weight excluding hydrogens is 399 g/mol. The van der Waals surface area contributed by atoms with Gasteiger partial charge in [-0.2, -0.15) is 0 Å². The first-order valence-corrected chi connectivity index (χ1v) is 8.60. The lowest BCUT2D eigenvalue weighted by Gasteiger charge is -2.40. The summed E-state index contributed by atoms with van der Waals surface area (Å²) in [5.41, 5.74) is 0.994. The Morgan fingerprint density at radius 1 is 1.32 bits per heavy atom. The highest BCUT2D eigenvalue weighted by atomic mass is 127. The molecule has 1 saturated heterocycles. The highest BCUT2D eigenvalue weighted by Gasteiger charge is 2.35. The van der Waals surface area contributed by atoms with Gasteiger partial charge >= 0.3 is 6.09 Å². The molecule has 0 aromatic heterocycles. The predicted molar refractivity (Wildman–Crippen MR) is 89.9 cm³/mol. The van der Waals surface area contributed by atoms with E-state index in [4.69, 9.17) is 5.11 Å². The summed E-state index contributed by atoms with van der Waals surface area (Å²) in [5.74, 6) is -0.0442. The normalized spacial score (nSPS) is 21.5. The van der Waals surface area contributed by atoms with E-state index in [1.165, 1.54) is 4.90 Å². The van der Waals surface area contributed by atoms with Crippen molar-refractivity contribution in [3.63, 3.8) is 0 Å². The van der Waals surface area contributed by atoms with Crippen LogP contribution in [0.4, 0.5) is 4.79 Å². The molecule has 6 nitrogen and oxygen atoms in total. The molecule has 2 unspecified atom stereocenters. The molecule has 1 heterocycles.